The van der Waals surface area contributed by atoms with E-state index in [1.165, 1.54) is 12.1 Å². The Hall–Kier alpha value is -1.14. The predicted octanol–water partition coefficient (Wildman–Crippen LogP) is 3.44. The molecule has 0 bridgehead atoms. The zero-order chi connectivity index (χ0) is 16.5. The Morgan fingerprint density at radius 2 is 1.68 bits per heavy atom. The summed E-state index contributed by atoms with van der Waals surface area (Å²) in [5, 5.41) is 0. The molecule has 0 aromatic heterocycles. The van der Waals surface area contributed by atoms with Gasteiger partial charge in [0.25, 0.3) is 0 Å². The molecular weight excluding hydrogens is 289 g/mol. The van der Waals surface area contributed by atoms with Crippen molar-refractivity contribution in [2.75, 3.05) is 6.61 Å². The molecule has 0 radical (unpaired) electrons. The van der Waals surface area contributed by atoms with E-state index in [0.717, 1.165) is 12.8 Å². The molecular formula is C16H23BF2O3. The molecule has 1 aliphatic rings. The quantitative estimate of drug-likeness (QED) is 0.616. The molecule has 22 heavy (non-hydrogen) atoms. The topological polar surface area (TPSA) is 27.7 Å². The number of hydrogen-bond acceptors (Lipinski definition) is 3. The standard InChI is InChI=1S/C16H23BF2O3/c1-6-7-10-20-12-9-8-11(18)13(14(12)19)17-21-15(2,3)16(4,5)22-17/h8-9H,6-7,10H2,1-5H3. The number of ether oxygens (including phenoxy) is 1. The molecule has 0 saturated carbocycles. The number of halogens is 2. The maximum atomic E-state index is 14.6. The van der Waals surface area contributed by atoms with E-state index >= 15 is 0 Å². The lowest BCUT2D eigenvalue weighted by molar-refractivity contribution is 0.00578. The van der Waals surface area contributed by atoms with Crippen molar-refractivity contribution in [2.24, 2.45) is 0 Å². The zero-order valence-corrected chi connectivity index (χ0v) is 13.8. The van der Waals surface area contributed by atoms with E-state index in [1.54, 1.807) is 0 Å². The van der Waals surface area contributed by atoms with E-state index < -0.39 is 30.0 Å². The highest BCUT2D eigenvalue weighted by atomic mass is 19.1. The first-order chi connectivity index (χ1) is 10.2. The largest absolute Gasteiger partial charge is 0.501 e. The van der Waals surface area contributed by atoms with Crippen LogP contribution in [0.4, 0.5) is 8.78 Å². The molecule has 2 rings (SSSR count). The summed E-state index contributed by atoms with van der Waals surface area (Å²) in [6.07, 6.45) is 1.75. The molecule has 1 heterocycles. The van der Waals surface area contributed by atoms with Gasteiger partial charge in [-0.1, -0.05) is 13.3 Å². The molecule has 6 heteroatoms. The highest BCUT2D eigenvalue weighted by molar-refractivity contribution is 6.62. The van der Waals surface area contributed by atoms with Gasteiger partial charge in [-0.2, -0.15) is 0 Å². The Bertz CT molecular complexity index is 530. The molecule has 122 valence electrons. The minimum Gasteiger partial charge on any atom is -0.491 e. The SMILES string of the molecule is CCCCOc1ccc(F)c(B2OC(C)(C)C(C)(C)O2)c1F. The Morgan fingerprint density at radius 1 is 1.09 bits per heavy atom. The maximum Gasteiger partial charge on any atom is 0.501 e. The van der Waals surface area contributed by atoms with E-state index in [1.807, 2.05) is 34.6 Å². The average molecular weight is 312 g/mol. The van der Waals surface area contributed by atoms with Gasteiger partial charge in [0, 0.05) is 0 Å². The molecule has 0 atom stereocenters. The van der Waals surface area contributed by atoms with Crippen LogP contribution in [0.1, 0.15) is 47.5 Å². The van der Waals surface area contributed by atoms with Crippen molar-refractivity contribution in [2.45, 2.75) is 58.7 Å². The van der Waals surface area contributed by atoms with Crippen molar-refractivity contribution >= 4 is 12.6 Å². The normalized spacial score (nSPS) is 19.5. The van der Waals surface area contributed by atoms with E-state index in [2.05, 4.69) is 0 Å². The third kappa shape index (κ3) is 3.13. The van der Waals surface area contributed by atoms with E-state index in [-0.39, 0.29) is 11.2 Å². The third-order valence-corrected chi connectivity index (χ3v) is 4.34. The molecule has 0 spiro atoms. The Labute approximate surface area is 131 Å². The van der Waals surface area contributed by atoms with Crippen LogP contribution in [0.15, 0.2) is 12.1 Å². The van der Waals surface area contributed by atoms with Gasteiger partial charge in [0.05, 0.1) is 23.3 Å². The van der Waals surface area contributed by atoms with Gasteiger partial charge in [-0.15, -0.1) is 0 Å². The molecule has 0 unspecified atom stereocenters. The van der Waals surface area contributed by atoms with Gasteiger partial charge in [-0.25, -0.2) is 8.78 Å². The smallest absolute Gasteiger partial charge is 0.491 e. The fourth-order valence-corrected chi connectivity index (χ4v) is 2.16. The first-order valence-corrected chi connectivity index (χ1v) is 7.66. The van der Waals surface area contributed by atoms with E-state index in [0.29, 0.717) is 6.61 Å². The van der Waals surface area contributed by atoms with Crippen molar-refractivity contribution in [3.63, 3.8) is 0 Å². The summed E-state index contributed by atoms with van der Waals surface area (Å²) >= 11 is 0. The third-order valence-electron chi connectivity index (χ3n) is 4.34. The molecule has 1 fully saturated rings. The van der Waals surface area contributed by atoms with E-state index in [4.69, 9.17) is 14.0 Å². The molecule has 3 nitrogen and oxygen atoms in total. The average Bonchev–Trinajstić information content (AvgIpc) is 2.61. The Kier molecular flexibility index (Phi) is 4.83. The zero-order valence-electron chi connectivity index (χ0n) is 13.8. The predicted molar refractivity (Wildman–Crippen MR) is 82.5 cm³/mol. The molecule has 0 aliphatic carbocycles. The molecule has 1 aliphatic heterocycles. The first-order valence-electron chi connectivity index (χ1n) is 7.66. The van der Waals surface area contributed by atoms with Gasteiger partial charge in [-0.05, 0) is 46.2 Å². The molecule has 0 amide bonds. The maximum absolute atomic E-state index is 14.6. The van der Waals surface area contributed by atoms with Crippen LogP contribution in [0.2, 0.25) is 0 Å². The Balaban J connectivity index is 2.30. The lowest BCUT2D eigenvalue weighted by Crippen LogP contribution is -2.41. The number of benzene rings is 1. The summed E-state index contributed by atoms with van der Waals surface area (Å²) in [4.78, 5) is 0. The van der Waals surface area contributed by atoms with Gasteiger partial charge >= 0.3 is 7.12 Å². The summed E-state index contributed by atoms with van der Waals surface area (Å²) in [6.45, 7) is 9.76. The lowest BCUT2D eigenvalue weighted by Gasteiger charge is -2.32. The first kappa shape index (κ1) is 17.2. The highest BCUT2D eigenvalue weighted by Gasteiger charge is 2.53. The lowest BCUT2D eigenvalue weighted by atomic mass is 9.78. The van der Waals surface area contributed by atoms with Gasteiger partial charge in [0.1, 0.15) is 5.82 Å². The van der Waals surface area contributed by atoms with Gasteiger partial charge < -0.3 is 14.0 Å². The van der Waals surface area contributed by atoms with Crippen LogP contribution in [0.3, 0.4) is 0 Å². The summed E-state index contributed by atoms with van der Waals surface area (Å²) < 4.78 is 45.6. The molecule has 1 aromatic carbocycles. The van der Waals surface area contributed by atoms with Crippen LogP contribution in [0.25, 0.3) is 0 Å². The number of rotatable bonds is 5. The summed E-state index contributed by atoms with van der Waals surface area (Å²) in [7, 11) is -1.08. The second kappa shape index (κ2) is 6.16. The highest BCUT2D eigenvalue weighted by Crippen LogP contribution is 2.37. The summed E-state index contributed by atoms with van der Waals surface area (Å²) in [5.74, 6) is -1.42. The van der Waals surface area contributed by atoms with Crippen LogP contribution in [-0.4, -0.2) is 24.9 Å². The second-order valence-electron chi connectivity index (χ2n) is 6.56. The fourth-order valence-electron chi connectivity index (χ4n) is 2.16. The fraction of sp³-hybridized carbons (Fsp3) is 0.625. The number of unbranched alkanes of at least 4 members (excludes halogenated alkanes) is 1. The van der Waals surface area contributed by atoms with Crippen LogP contribution < -0.4 is 10.2 Å². The van der Waals surface area contributed by atoms with Crippen molar-refractivity contribution in [1.82, 2.24) is 0 Å². The van der Waals surface area contributed by atoms with Crippen molar-refractivity contribution in [3.8, 4) is 5.75 Å². The molecule has 1 aromatic rings. The second-order valence-corrected chi connectivity index (χ2v) is 6.56. The monoisotopic (exact) mass is 312 g/mol. The van der Waals surface area contributed by atoms with Crippen LogP contribution in [0.5, 0.6) is 5.75 Å². The molecule has 1 saturated heterocycles. The summed E-state index contributed by atoms with van der Waals surface area (Å²) in [5.41, 5.74) is -1.54. The minimum absolute atomic E-state index is 0.0274. The van der Waals surface area contributed by atoms with Gasteiger partial charge in [-0.3, -0.25) is 0 Å². The van der Waals surface area contributed by atoms with Crippen molar-refractivity contribution in [3.05, 3.63) is 23.8 Å². The van der Waals surface area contributed by atoms with Gasteiger partial charge in [0.15, 0.2) is 11.6 Å². The van der Waals surface area contributed by atoms with Crippen molar-refractivity contribution < 1.29 is 22.8 Å². The van der Waals surface area contributed by atoms with Crippen LogP contribution in [0, 0.1) is 11.6 Å². The number of hydrogen-bond donors (Lipinski definition) is 0. The minimum atomic E-state index is -1.08. The van der Waals surface area contributed by atoms with Crippen LogP contribution in [-0.2, 0) is 9.31 Å². The van der Waals surface area contributed by atoms with E-state index in [9.17, 15) is 8.78 Å². The molecule has 0 N–H and O–H groups in total. The van der Waals surface area contributed by atoms with Crippen LogP contribution >= 0.6 is 0 Å². The Morgan fingerprint density at radius 3 is 2.23 bits per heavy atom. The van der Waals surface area contributed by atoms with Gasteiger partial charge in [0.2, 0.25) is 0 Å². The summed E-state index contributed by atoms with van der Waals surface area (Å²) in [6, 6.07) is 2.49. The van der Waals surface area contributed by atoms with Crippen molar-refractivity contribution in [1.29, 1.82) is 0 Å².